The number of hydrogen-bond acceptors (Lipinski definition) is 4. The number of halogens is 1. The van der Waals surface area contributed by atoms with Gasteiger partial charge >= 0.3 is 0 Å². The molecule has 5 heteroatoms. The molecule has 100 valence electrons. The van der Waals surface area contributed by atoms with Crippen LogP contribution >= 0.6 is 15.9 Å². The Kier molecular flexibility index (Phi) is 4.76. The Balaban J connectivity index is 2.24. The molecule has 1 aromatic heterocycles. The van der Waals surface area contributed by atoms with Crippen molar-refractivity contribution < 1.29 is 14.6 Å². The van der Waals surface area contributed by atoms with E-state index in [-0.39, 0.29) is 6.61 Å². The van der Waals surface area contributed by atoms with Crippen LogP contribution in [0.1, 0.15) is 11.3 Å². The summed E-state index contributed by atoms with van der Waals surface area (Å²) in [5.41, 5.74) is 1.51. The third kappa shape index (κ3) is 3.24. The fourth-order valence-electron chi connectivity index (χ4n) is 1.68. The molecule has 0 fully saturated rings. The van der Waals surface area contributed by atoms with Crippen LogP contribution < -0.4 is 9.47 Å². The number of hydrogen-bond donors (Lipinski definition) is 1. The van der Waals surface area contributed by atoms with Crippen LogP contribution in [0, 0.1) is 0 Å². The second kappa shape index (κ2) is 6.54. The van der Waals surface area contributed by atoms with Crippen molar-refractivity contribution in [1.29, 1.82) is 0 Å². The summed E-state index contributed by atoms with van der Waals surface area (Å²) in [6.07, 6.45) is 1.59. The molecule has 2 rings (SSSR count). The van der Waals surface area contributed by atoms with Gasteiger partial charge in [0, 0.05) is 6.20 Å². The maximum atomic E-state index is 9.24. The lowest BCUT2D eigenvalue weighted by molar-refractivity contribution is 0.253. The second-order valence-corrected chi connectivity index (χ2v) is 4.70. The maximum absolute atomic E-state index is 9.24. The molecular formula is C14H14BrNO3. The van der Waals surface area contributed by atoms with E-state index in [9.17, 15) is 5.11 Å². The van der Waals surface area contributed by atoms with E-state index in [4.69, 9.17) is 9.47 Å². The lowest BCUT2D eigenvalue weighted by atomic mass is 10.2. The predicted octanol–water partition coefficient (Wildman–Crippen LogP) is 2.92. The lowest BCUT2D eigenvalue weighted by Crippen LogP contribution is -2.02. The number of aromatic nitrogens is 1. The molecule has 4 nitrogen and oxygen atoms in total. The molecule has 1 heterocycles. The molecule has 0 spiro atoms. The average Bonchev–Trinajstić information content (AvgIpc) is 2.46. The molecule has 0 bridgehead atoms. The highest BCUT2D eigenvalue weighted by molar-refractivity contribution is 9.10. The van der Waals surface area contributed by atoms with Crippen molar-refractivity contribution >= 4 is 15.9 Å². The van der Waals surface area contributed by atoms with Crippen molar-refractivity contribution in [1.82, 2.24) is 4.98 Å². The predicted molar refractivity (Wildman–Crippen MR) is 75.2 cm³/mol. The van der Waals surface area contributed by atoms with Gasteiger partial charge in [-0.2, -0.15) is 0 Å². The number of benzene rings is 1. The number of rotatable bonds is 5. The third-order valence-electron chi connectivity index (χ3n) is 2.60. The van der Waals surface area contributed by atoms with E-state index >= 15 is 0 Å². The number of pyridine rings is 1. The van der Waals surface area contributed by atoms with Gasteiger partial charge in [0.15, 0.2) is 11.5 Å². The molecular weight excluding hydrogens is 310 g/mol. The SMILES string of the molecule is COc1c(CO)ncc(Br)c1OCc1ccccc1. The van der Waals surface area contributed by atoms with Gasteiger partial charge in [0.25, 0.3) is 0 Å². The number of aliphatic hydroxyl groups excluding tert-OH is 1. The summed E-state index contributed by atoms with van der Waals surface area (Å²) in [6.45, 7) is 0.225. The molecule has 0 aliphatic heterocycles. The average molecular weight is 324 g/mol. The Morgan fingerprint density at radius 2 is 1.95 bits per heavy atom. The lowest BCUT2D eigenvalue weighted by Gasteiger charge is -2.14. The van der Waals surface area contributed by atoms with Crippen LogP contribution in [0.5, 0.6) is 11.5 Å². The number of ether oxygens (including phenoxy) is 2. The van der Waals surface area contributed by atoms with E-state index in [1.807, 2.05) is 30.3 Å². The third-order valence-corrected chi connectivity index (χ3v) is 3.16. The summed E-state index contributed by atoms with van der Waals surface area (Å²) in [7, 11) is 1.53. The largest absolute Gasteiger partial charge is 0.491 e. The smallest absolute Gasteiger partial charge is 0.186 e. The summed E-state index contributed by atoms with van der Waals surface area (Å²) in [4.78, 5) is 4.08. The standard InChI is InChI=1S/C14H14BrNO3/c1-18-14-12(8-17)16-7-11(15)13(14)19-9-10-5-3-2-4-6-10/h2-7,17H,8-9H2,1H3. The van der Waals surface area contributed by atoms with Gasteiger partial charge in [-0.25, -0.2) is 0 Å². The van der Waals surface area contributed by atoms with Crippen molar-refractivity contribution in [3.63, 3.8) is 0 Å². The highest BCUT2D eigenvalue weighted by Gasteiger charge is 2.15. The molecule has 0 aliphatic carbocycles. The highest BCUT2D eigenvalue weighted by atomic mass is 79.9. The number of methoxy groups -OCH3 is 1. The Hall–Kier alpha value is -1.59. The Labute approximate surface area is 120 Å². The van der Waals surface area contributed by atoms with Crippen molar-refractivity contribution in [3.8, 4) is 11.5 Å². The van der Waals surface area contributed by atoms with Crippen LogP contribution in [0.2, 0.25) is 0 Å². The maximum Gasteiger partial charge on any atom is 0.186 e. The molecule has 19 heavy (non-hydrogen) atoms. The van der Waals surface area contributed by atoms with E-state index in [1.165, 1.54) is 7.11 Å². The zero-order valence-corrected chi connectivity index (χ0v) is 12.1. The van der Waals surface area contributed by atoms with Crippen LogP contribution in [0.3, 0.4) is 0 Å². The number of nitrogens with zero attached hydrogens (tertiary/aromatic N) is 1. The van der Waals surface area contributed by atoms with E-state index in [0.717, 1.165) is 5.56 Å². The Morgan fingerprint density at radius 3 is 2.58 bits per heavy atom. The molecule has 0 aliphatic rings. The second-order valence-electron chi connectivity index (χ2n) is 3.85. The highest BCUT2D eigenvalue weighted by Crippen LogP contribution is 2.37. The van der Waals surface area contributed by atoms with Crippen molar-refractivity contribution in [3.05, 3.63) is 52.3 Å². The van der Waals surface area contributed by atoms with Crippen molar-refractivity contribution in [2.75, 3.05) is 7.11 Å². The quantitative estimate of drug-likeness (QED) is 0.919. The van der Waals surface area contributed by atoms with Gasteiger partial charge in [0.05, 0.1) is 18.2 Å². The van der Waals surface area contributed by atoms with Crippen LogP contribution in [-0.2, 0) is 13.2 Å². The van der Waals surface area contributed by atoms with Gasteiger partial charge in [-0.3, -0.25) is 4.98 Å². The minimum absolute atomic E-state index is 0.196. The van der Waals surface area contributed by atoms with Gasteiger partial charge < -0.3 is 14.6 Å². The molecule has 0 unspecified atom stereocenters. The molecule has 0 radical (unpaired) electrons. The molecule has 0 atom stereocenters. The fourth-order valence-corrected chi connectivity index (χ4v) is 2.08. The zero-order valence-electron chi connectivity index (χ0n) is 10.5. The summed E-state index contributed by atoms with van der Waals surface area (Å²) in [5, 5.41) is 9.24. The minimum Gasteiger partial charge on any atom is -0.491 e. The van der Waals surface area contributed by atoms with Crippen LogP contribution in [-0.4, -0.2) is 17.2 Å². The number of aliphatic hydroxyl groups is 1. The Morgan fingerprint density at radius 1 is 1.21 bits per heavy atom. The Bertz CT molecular complexity index is 546. The van der Waals surface area contributed by atoms with Crippen LogP contribution in [0.25, 0.3) is 0 Å². The van der Waals surface area contributed by atoms with E-state index in [1.54, 1.807) is 6.20 Å². The van der Waals surface area contributed by atoms with Gasteiger partial charge in [-0.15, -0.1) is 0 Å². The summed E-state index contributed by atoms with van der Waals surface area (Å²) in [6, 6.07) is 9.83. The summed E-state index contributed by atoms with van der Waals surface area (Å²) < 4.78 is 11.7. The molecule has 0 saturated heterocycles. The first-order chi connectivity index (χ1) is 9.26. The van der Waals surface area contributed by atoms with E-state index in [0.29, 0.717) is 28.3 Å². The van der Waals surface area contributed by atoms with Crippen molar-refractivity contribution in [2.24, 2.45) is 0 Å². The monoisotopic (exact) mass is 323 g/mol. The molecule has 1 aromatic carbocycles. The molecule has 0 saturated carbocycles. The fraction of sp³-hybridized carbons (Fsp3) is 0.214. The van der Waals surface area contributed by atoms with Crippen LogP contribution in [0.4, 0.5) is 0 Å². The van der Waals surface area contributed by atoms with Gasteiger partial charge in [0.2, 0.25) is 0 Å². The first kappa shape index (κ1) is 13.8. The first-order valence-electron chi connectivity index (χ1n) is 5.75. The summed E-state index contributed by atoms with van der Waals surface area (Å²) in [5.74, 6) is 0.998. The minimum atomic E-state index is -0.196. The van der Waals surface area contributed by atoms with Gasteiger partial charge in [-0.1, -0.05) is 30.3 Å². The van der Waals surface area contributed by atoms with Crippen LogP contribution in [0.15, 0.2) is 41.0 Å². The van der Waals surface area contributed by atoms with Gasteiger partial charge in [0.1, 0.15) is 12.3 Å². The van der Waals surface area contributed by atoms with Gasteiger partial charge in [-0.05, 0) is 21.5 Å². The first-order valence-corrected chi connectivity index (χ1v) is 6.54. The normalized spacial score (nSPS) is 10.3. The molecule has 0 amide bonds. The zero-order chi connectivity index (χ0) is 13.7. The van der Waals surface area contributed by atoms with E-state index in [2.05, 4.69) is 20.9 Å². The molecule has 2 aromatic rings. The summed E-state index contributed by atoms with van der Waals surface area (Å²) >= 11 is 3.38. The molecule has 1 N–H and O–H groups in total. The van der Waals surface area contributed by atoms with E-state index < -0.39 is 0 Å². The topological polar surface area (TPSA) is 51.6 Å². The van der Waals surface area contributed by atoms with Crippen molar-refractivity contribution in [2.45, 2.75) is 13.2 Å².